The van der Waals surface area contributed by atoms with Gasteiger partial charge in [0.2, 0.25) is 5.91 Å². The fourth-order valence-electron chi connectivity index (χ4n) is 3.82. The number of hydrogen-bond donors (Lipinski definition) is 1. The minimum absolute atomic E-state index is 0.00200. The van der Waals surface area contributed by atoms with Crippen LogP contribution in [-0.4, -0.2) is 35.4 Å². The molecule has 1 fully saturated rings. The summed E-state index contributed by atoms with van der Waals surface area (Å²) in [5, 5.41) is 3.07. The van der Waals surface area contributed by atoms with Gasteiger partial charge in [0.05, 0.1) is 0 Å². The van der Waals surface area contributed by atoms with Gasteiger partial charge in [0.15, 0.2) is 6.61 Å². The molecule has 166 valence electrons. The Morgan fingerprint density at radius 3 is 2.45 bits per heavy atom. The SMILES string of the molecule is Cc1ccc(OCC(=O)N(Cc2ccccc2F)[C@@H](C)C(=O)NC2CCCCC2)cc1. The lowest BCUT2D eigenvalue weighted by molar-refractivity contribution is -0.142. The molecule has 1 aliphatic carbocycles. The maximum absolute atomic E-state index is 14.3. The molecular weight excluding hydrogens is 395 g/mol. The summed E-state index contributed by atoms with van der Waals surface area (Å²) in [4.78, 5) is 27.3. The number of carbonyl (C=O) groups is 2. The zero-order chi connectivity index (χ0) is 22.2. The van der Waals surface area contributed by atoms with Gasteiger partial charge in [-0.2, -0.15) is 0 Å². The van der Waals surface area contributed by atoms with Crippen LogP contribution >= 0.6 is 0 Å². The Hall–Kier alpha value is -2.89. The van der Waals surface area contributed by atoms with E-state index in [1.54, 1.807) is 37.3 Å². The van der Waals surface area contributed by atoms with Gasteiger partial charge >= 0.3 is 0 Å². The van der Waals surface area contributed by atoms with E-state index in [4.69, 9.17) is 4.74 Å². The van der Waals surface area contributed by atoms with Crippen LogP contribution in [0, 0.1) is 12.7 Å². The standard InChI is InChI=1S/C25H31FN2O3/c1-18-12-14-22(15-13-18)31-17-24(29)28(16-20-8-6-7-11-23(20)26)19(2)25(30)27-21-9-4-3-5-10-21/h6-8,11-15,19,21H,3-5,9-10,16-17H2,1-2H3,(H,27,30)/t19-/m0/s1. The lowest BCUT2D eigenvalue weighted by Crippen LogP contribution is -2.51. The van der Waals surface area contributed by atoms with Crippen LogP contribution in [0.3, 0.4) is 0 Å². The van der Waals surface area contributed by atoms with Crippen LogP contribution in [0.1, 0.15) is 50.2 Å². The third kappa shape index (κ3) is 6.54. The molecule has 31 heavy (non-hydrogen) atoms. The Labute approximate surface area is 183 Å². The average Bonchev–Trinajstić information content (AvgIpc) is 2.78. The third-order valence-electron chi connectivity index (χ3n) is 5.80. The number of nitrogens with zero attached hydrogens (tertiary/aromatic N) is 1. The number of amides is 2. The van der Waals surface area contributed by atoms with Crippen molar-refractivity contribution in [2.24, 2.45) is 0 Å². The van der Waals surface area contributed by atoms with Crippen LogP contribution in [0.4, 0.5) is 4.39 Å². The van der Waals surface area contributed by atoms with E-state index in [-0.39, 0.29) is 31.0 Å². The molecule has 2 amide bonds. The van der Waals surface area contributed by atoms with E-state index in [0.29, 0.717) is 11.3 Å². The van der Waals surface area contributed by atoms with Crippen molar-refractivity contribution in [3.05, 3.63) is 65.5 Å². The fourth-order valence-corrected chi connectivity index (χ4v) is 3.82. The number of nitrogens with one attached hydrogen (secondary N) is 1. The molecule has 2 aromatic carbocycles. The van der Waals surface area contributed by atoms with Gasteiger partial charge < -0.3 is 15.0 Å². The second-order valence-electron chi connectivity index (χ2n) is 8.23. The highest BCUT2D eigenvalue weighted by molar-refractivity contribution is 5.88. The first-order chi connectivity index (χ1) is 14.9. The van der Waals surface area contributed by atoms with Crippen LogP contribution in [0.2, 0.25) is 0 Å². The summed E-state index contributed by atoms with van der Waals surface area (Å²) >= 11 is 0. The van der Waals surface area contributed by atoms with Crippen LogP contribution in [0.25, 0.3) is 0 Å². The van der Waals surface area contributed by atoms with E-state index in [9.17, 15) is 14.0 Å². The Morgan fingerprint density at radius 1 is 1.10 bits per heavy atom. The third-order valence-corrected chi connectivity index (χ3v) is 5.80. The first-order valence-corrected chi connectivity index (χ1v) is 11.0. The maximum atomic E-state index is 14.3. The maximum Gasteiger partial charge on any atom is 0.261 e. The highest BCUT2D eigenvalue weighted by atomic mass is 19.1. The van der Waals surface area contributed by atoms with Crippen molar-refractivity contribution in [3.63, 3.8) is 0 Å². The molecule has 1 N–H and O–H groups in total. The van der Waals surface area contributed by atoms with Gasteiger partial charge in [0.1, 0.15) is 17.6 Å². The number of benzene rings is 2. The molecule has 0 aromatic heterocycles. The van der Waals surface area contributed by atoms with Crippen LogP contribution in [0.5, 0.6) is 5.75 Å². The summed E-state index contributed by atoms with van der Waals surface area (Å²) in [7, 11) is 0. The van der Waals surface area contributed by atoms with Gasteiger partial charge in [-0.15, -0.1) is 0 Å². The van der Waals surface area contributed by atoms with Crippen molar-refractivity contribution >= 4 is 11.8 Å². The molecule has 0 bridgehead atoms. The van der Waals surface area contributed by atoms with E-state index < -0.39 is 11.9 Å². The number of hydrogen-bond acceptors (Lipinski definition) is 3. The smallest absolute Gasteiger partial charge is 0.261 e. The first kappa shape index (κ1) is 22.8. The molecule has 0 aliphatic heterocycles. The highest BCUT2D eigenvalue weighted by Gasteiger charge is 2.29. The first-order valence-electron chi connectivity index (χ1n) is 11.0. The van der Waals surface area contributed by atoms with Crippen LogP contribution < -0.4 is 10.1 Å². The van der Waals surface area contributed by atoms with Crippen molar-refractivity contribution in [2.75, 3.05) is 6.61 Å². The van der Waals surface area contributed by atoms with E-state index in [1.165, 1.54) is 17.4 Å². The second kappa shape index (κ2) is 10.9. The molecule has 5 nitrogen and oxygen atoms in total. The van der Waals surface area contributed by atoms with Crippen molar-refractivity contribution in [1.29, 1.82) is 0 Å². The summed E-state index contributed by atoms with van der Waals surface area (Å²) in [6.07, 6.45) is 5.30. The largest absolute Gasteiger partial charge is 0.484 e. The van der Waals surface area contributed by atoms with Gasteiger partial charge in [-0.05, 0) is 44.9 Å². The number of rotatable bonds is 8. The normalized spacial score (nSPS) is 15.2. The van der Waals surface area contributed by atoms with Gasteiger partial charge in [-0.25, -0.2) is 4.39 Å². The lowest BCUT2D eigenvalue weighted by Gasteiger charge is -2.31. The molecule has 3 rings (SSSR count). The Morgan fingerprint density at radius 2 is 1.77 bits per heavy atom. The minimum atomic E-state index is -0.740. The molecule has 1 saturated carbocycles. The van der Waals surface area contributed by atoms with Gasteiger partial charge in [0.25, 0.3) is 5.91 Å². The Kier molecular flexibility index (Phi) is 8.04. The number of ether oxygens (including phenoxy) is 1. The second-order valence-corrected chi connectivity index (χ2v) is 8.23. The molecule has 1 aliphatic rings. The zero-order valence-electron chi connectivity index (χ0n) is 18.3. The Balaban J connectivity index is 1.71. The average molecular weight is 427 g/mol. The number of carbonyl (C=O) groups excluding carboxylic acids is 2. The van der Waals surface area contributed by atoms with Gasteiger partial charge in [0, 0.05) is 18.2 Å². The lowest BCUT2D eigenvalue weighted by atomic mass is 9.95. The zero-order valence-corrected chi connectivity index (χ0v) is 18.3. The molecule has 0 saturated heterocycles. The predicted octanol–water partition coefficient (Wildman–Crippen LogP) is 4.38. The Bertz CT molecular complexity index is 879. The summed E-state index contributed by atoms with van der Waals surface area (Å²) in [5.41, 5.74) is 1.45. The van der Waals surface area contributed by atoms with E-state index in [2.05, 4.69) is 5.32 Å². The molecule has 0 unspecified atom stereocenters. The molecule has 0 heterocycles. The quantitative estimate of drug-likeness (QED) is 0.682. The molecule has 1 atom stereocenters. The summed E-state index contributed by atoms with van der Waals surface area (Å²) in [5.74, 6) is -0.411. The van der Waals surface area contributed by atoms with Gasteiger partial charge in [-0.1, -0.05) is 55.2 Å². The van der Waals surface area contributed by atoms with E-state index in [0.717, 1.165) is 31.2 Å². The molecule has 0 spiro atoms. The van der Waals surface area contributed by atoms with E-state index >= 15 is 0 Å². The van der Waals surface area contributed by atoms with Crippen molar-refractivity contribution < 1.29 is 18.7 Å². The van der Waals surface area contributed by atoms with Crippen molar-refractivity contribution in [3.8, 4) is 5.75 Å². The molecular formula is C25H31FN2O3. The summed E-state index contributed by atoms with van der Waals surface area (Å²) in [6, 6.07) is 13.1. The van der Waals surface area contributed by atoms with Crippen LogP contribution in [-0.2, 0) is 16.1 Å². The molecule has 0 radical (unpaired) electrons. The molecule has 6 heteroatoms. The van der Waals surface area contributed by atoms with Crippen molar-refractivity contribution in [1.82, 2.24) is 10.2 Å². The minimum Gasteiger partial charge on any atom is -0.484 e. The topological polar surface area (TPSA) is 58.6 Å². The van der Waals surface area contributed by atoms with Gasteiger partial charge in [-0.3, -0.25) is 9.59 Å². The number of aryl methyl sites for hydroxylation is 1. The molecule has 2 aromatic rings. The van der Waals surface area contributed by atoms with E-state index in [1.807, 2.05) is 19.1 Å². The van der Waals surface area contributed by atoms with Crippen LogP contribution in [0.15, 0.2) is 48.5 Å². The highest BCUT2D eigenvalue weighted by Crippen LogP contribution is 2.19. The summed E-state index contributed by atoms with van der Waals surface area (Å²) in [6.45, 7) is 3.43. The fraction of sp³-hybridized carbons (Fsp3) is 0.440. The van der Waals surface area contributed by atoms with Crippen molar-refractivity contribution in [2.45, 2.75) is 64.6 Å². The number of halogens is 1. The summed E-state index contributed by atoms with van der Waals surface area (Å²) < 4.78 is 19.9. The predicted molar refractivity (Wildman–Crippen MR) is 118 cm³/mol. The monoisotopic (exact) mass is 426 g/mol.